The number of likely N-dealkylation sites (N-methyl/N-ethyl adjacent to an activating group) is 1. The molecule has 1 aromatic rings. The third-order valence-electron chi connectivity index (χ3n) is 2.77. The van der Waals surface area contributed by atoms with E-state index in [1.807, 2.05) is 0 Å². The van der Waals surface area contributed by atoms with Crippen molar-refractivity contribution in [3.63, 3.8) is 0 Å². The van der Waals surface area contributed by atoms with Crippen LogP contribution in [0.4, 0.5) is 5.69 Å². The van der Waals surface area contributed by atoms with Crippen molar-refractivity contribution >= 4 is 28.3 Å². The second-order valence-corrected chi connectivity index (χ2v) is 6.09. The van der Waals surface area contributed by atoms with Crippen molar-refractivity contribution in [1.29, 1.82) is 0 Å². The predicted molar refractivity (Wildman–Crippen MR) is 84.5 cm³/mol. The van der Waals surface area contributed by atoms with E-state index in [2.05, 4.69) is 11.9 Å². The summed E-state index contributed by atoms with van der Waals surface area (Å²) in [5.74, 6) is -1.29. The number of nitrogens with one attached hydrogen (secondary N) is 1. The Bertz CT molecular complexity index is 567. The van der Waals surface area contributed by atoms with Crippen LogP contribution in [0.25, 0.3) is 0 Å². The van der Waals surface area contributed by atoms with Gasteiger partial charge >= 0.3 is 11.8 Å². The van der Waals surface area contributed by atoms with Crippen LogP contribution in [0.3, 0.4) is 0 Å². The number of benzene rings is 1. The lowest BCUT2D eigenvalue weighted by Crippen LogP contribution is -2.40. The summed E-state index contributed by atoms with van der Waals surface area (Å²) < 4.78 is 11.3. The first-order valence-corrected chi connectivity index (χ1v) is 8.09. The molecular formula is C15H20N2O3S. The van der Waals surface area contributed by atoms with Crippen LogP contribution in [-0.2, 0) is 20.4 Å². The first-order chi connectivity index (χ1) is 9.85. The molecule has 0 aromatic heterocycles. The largest absolute Gasteiger partial charge is 0.331 e. The van der Waals surface area contributed by atoms with Crippen molar-refractivity contribution in [3.05, 3.63) is 36.4 Å². The second-order valence-electron chi connectivity index (χ2n) is 4.71. The molecule has 1 N–H and O–H groups in total. The second kappa shape index (κ2) is 7.73. The van der Waals surface area contributed by atoms with Gasteiger partial charge in [-0.15, -0.1) is 0 Å². The molecule has 5 nitrogen and oxygen atoms in total. The molecule has 0 aliphatic heterocycles. The highest BCUT2D eigenvalue weighted by Crippen LogP contribution is 2.12. The minimum atomic E-state index is -1.07. The lowest BCUT2D eigenvalue weighted by atomic mass is 10.3. The Morgan fingerprint density at radius 3 is 2.29 bits per heavy atom. The molecule has 0 saturated heterocycles. The van der Waals surface area contributed by atoms with Gasteiger partial charge in [0.1, 0.15) is 0 Å². The standard InChI is InChI=1S/C15H20N2O3S/c1-5-17(10-11(2)3)15(19)14(18)16-12-6-8-13(9-7-12)21(4)20/h6-9H,2,5,10H2,1,3-4H3,(H,16,18)/t21-/m1/s1. The average molecular weight is 308 g/mol. The third kappa shape index (κ3) is 5.15. The molecule has 0 heterocycles. The van der Waals surface area contributed by atoms with Crippen LogP contribution in [0.5, 0.6) is 0 Å². The molecule has 21 heavy (non-hydrogen) atoms. The highest BCUT2D eigenvalue weighted by Gasteiger charge is 2.20. The number of hydrogen-bond donors (Lipinski definition) is 1. The van der Waals surface area contributed by atoms with E-state index in [0.29, 0.717) is 23.7 Å². The highest BCUT2D eigenvalue weighted by atomic mass is 32.2. The first kappa shape index (κ1) is 17.1. The van der Waals surface area contributed by atoms with Crippen molar-refractivity contribution in [2.45, 2.75) is 18.7 Å². The predicted octanol–water partition coefficient (Wildman–Crippen LogP) is 1.79. The molecular weight excluding hydrogens is 288 g/mol. The fourth-order valence-corrected chi connectivity index (χ4v) is 2.23. The molecule has 0 fully saturated rings. The van der Waals surface area contributed by atoms with Crippen LogP contribution in [-0.4, -0.2) is 40.3 Å². The van der Waals surface area contributed by atoms with Gasteiger partial charge in [0.25, 0.3) is 0 Å². The lowest BCUT2D eigenvalue weighted by Gasteiger charge is -2.20. The summed E-state index contributed by atoms with van der Waals surface area (Å²) >= 11 is 0. The number of nitrogens with zero attached hydrogens (tertiary/aromatic N) is 1. The fourth-order valence-electron chi connectivity index (χ4n) is 1.71. The molecule has 1 rings (SSSR count). The zero-order valence-electron chi connectivity index (χ0n) is 12.5. The van der Waals surface area contributed by atoms with E-state index in [0.717, 1.165) is 5.57 Å². The first-order valence-electron chi connectivity index (χ1n) is 6.53. The van der Waals surface area contributed by atoms with E-state index in [9.17, 15) is 13.8 Å². The molecule has 0 radical (unpaired) electrons. The molecule has 0 unspecified atom stereocenters. The smallest absolute Gasteiger partial charge is 0.313 e. The summed E-state index contributed by atoms with van der Waals surface area (Å²) in [7, 11) is -1.07. The SMILES string of the molecule is C=C(C)CN(CC)C(=O)C(=O)Nc1ccc([S@@](C)=O)cc1. The minimum absolute atomic E-state index is 0.358. The topological polar surface area (TPSA) is 66.5 Å². The molecule has 1 atom stereocenters. The number of amides is 2. The van der Waals surface area contributed by atoms with Gasteiger partial charge in [0.2, 0.25) is 0 Å². The maximum Gasteiger partial charge on any atom is 0.313 e. The van der Waals surface area contributed by atoms with Gasteiger partial charge in [0.15, 0.2) is 0 Å². The third-order valence-corrected chi connectivity index (χ3v) is 3.70. The van der Waals surface area contributed by atoms with Gasteiger partial charge in [-0.05, 0) is 38.1 Å². The number of hydrogen-bond acceptors (Lipinski definition) is 3. The van der Waals surface area contributed by atoms with Crippen LogP contribution in [0.2, 0.25) is 0 Å². The Balaban J connectivity index is 2.73. The summed E-state index contributed by atoms with van der Waals surface area (Å²) in [4.78, 5) is 26.0. The Hall–Kier alpha value is -1.95. The van der Waals surface area contributed by atoms with Gasteiger partial charge in [0.05, 0.1) is 0 Å². The van der Waals surface area contributed by atoms with Crippen LogP contribution in [0.15, 0.2) is 41.3 Å². The molecule has 0 spiro atoms. The molecule has 2 amide bonds. The molecule has 0 aliphatic rings. The van der Waals surface area contributed by atoms with Crippen LogP contribution < -0.4 is 5.32 Å². The van der Waals surface area contributed by atoms with Gasteiger partial charge in [-0.25, -0.2) is 0 Å². The maximum atomic E-state index is 12.0. The van der Waals surface area contributed by atoms with Crippen molar-refractivity contribution in [2.75, 3.05) is 24.7 Å². The lowest BCUT2D eigenvalue weighted by molar-refractivity contribution is -0.142. The van der Waals surface area contributed by atoms with Crippen molar-refractivity contribution in [2.24, 2.45) is 0 Å². The van der Waals surface area contributed by atoms with E-state index in [-0.39, 0.29) is 0 Å². The maximum absolute atomic E-state index is 12.0. The van der Waals surface area contributed by atoms with E-state index in [4.69, 9.17) is 0 Å². The summed E-state index contributed by atoms with van der Waals surface area (Å²) in [5.41, 5.74) is 1.31. The average Bonchev–Trinajstić information content (AvgIpc) is 2.44. The quantitative estimate of drug-likeness (QED) is 0.666. The Morgan fingerprint density at radius 2 is 1.86 bits per heavy atom. The molecule has 0 aliphatic carbocycles. The molecule has 0 bridgehead atoms. The molecule has 0 saturated carbocycles. The highest BCUT2D eigenvalue weighted by molar-refractivity contribution is 7.84. The van der Waals surface area contributed by atoms with Crippen molar-refractivity contribution < 1.29 is 13.8 Å². The number of carbonyl (C=O) groups excluding carboxylic acids is 2. The summed E-state index contributed by atoms with van der Waals surface area (Å²) in [6, 6.07) is 6.55. The van der Waals surface area contributed by atoms with E-state index in [1.165, 1.54) is 4.90 Å². The molecule has 1 aromatic carbocycles. The van der Waals surface area contributed by atoms with Gasteiger partial charge in [-0.3, -0.25) is 13.8 Å². The fraction of sp³-hybridized carbons (Fsp3) is 0.333. The van der Waals surface area contributed by atoms with Crippen LogP contribution >= 0.6 is 0 Å². The Kier molecular flexibility index (Phi) is 6.30. The summed E-state index contributed by atoms with van der Waals surface area (Å²) in [5, 5.41) is 2.54. The number of anilines is 1. The summed E-state index contributed by atoms with van der Waals surface area (Å²) in [6.45, 7) is 8.14. The zero-order chi connectivity index (χ0) is 16.0. The van der Waals surface area contributed by atoms with Gasteiger partial charge in [-0.1, -0.05) is 12.2 Å². The van der Waals surface area contributed by atoms with E-state index < -0.39 is 22.6 Å². The summed E-state index contributed by atoms with van der Waals surface area (Å²) in [6.07, 6.45) is 1.58. The normalized spacial score (nSPS) is 11.6. The van der Waals surface area contributed by atoms with Gasteiger partial charge < -0.3 is 10.2 Å². The van der Waals surface area contributed by atoms with Crippen LogP contribution in [0.1, 0.15) is 13.8 Å². The minimum Gasteiger partial charge on any atom is -0.331 e. The molecule has 6 heteroatoms. The van der Waals surface area contributed by atoms with Gasteiger partial charge in [-0.2, -0.15) is 0 Å². The van der Waals surface area contributed by atoms with Gasteiger partial charge in [0, 0.05) is 40.7 Å². The number of rotatable bonds is 5. The van der Waals surface area contributed by atoms with E-state index in [1.54, 1.807) is 44.4 Å². The Morgan fingerprint density at radius 1 is 1.29 bits per heavy atom. The Labute approximate surface area is 127 Å². The number of carbonyl (C=O) groups is 2. The zero-order valence-corrected chi connectivity index (χ0v) is 13.3. The monoisotopic (exact) mass is 308 g/mol. The van der Waals surface area contributed by atoms with Crippen molar-refractivity contribution in [3.8, 4) is 0 Å². The van der Waals surface area contributed by atoms with E-state index >= 15 is 0 Å². The van der Waals surface area contributed by atoms with Crippen LogP contribution in [0, 0.1) is 0 Å². The van der Waals surface area contributed by atoms with Crippen molar-refractivity contribution in [1.82, 2.24) is 4.90 Å². The molecule has 114 valence electrons.